The molecule has 2 aromatic rings. The molecule has 0 unspecified atom stereocenters. The van der Waals surface area contributed by atoms with Crippen molar-refractivity contribution in [2.45, 2.75) is 0 Å². The molecule has 58 valence electrons. The first kappa shape index (κ1) is 6.68. The molecule has 1 aromatic heterocycles. The van der Waals surface area contributed by atoms with Crippen LogP contribution >= 0.6 is 0 Å². The third kappa shape index (κ3) is 0.805. The summed E-state index contributed by atoms with van der Waals surface area (Å²) < 4.78 is 0. The Labute approximate surface area is 68.6 Å². The van der Waals surface area contributed by atoms with E-state index in [1.54, 1.807) is 18.2 Å². The van der Waals surface area contributed by atoms with Crippen LogP contribution in [0.15, 0.2) is 18.2 Å². The average molecular weight is 158 g/mol. The van der Waals surface area contributed by atoms with Crippen molar-refractivity contribution in [3.8, 4) is 6.07 Å². The number of hydrogen-bond acceptors (Lipinski definition) is 3. The molecular formula is C8H6N4. The summed E-state index contributed by atoms with van der Waals surface area (Å²) in [6, 6.07) is 7.27. The standard InChI is InChI=1S/C8H6N4/c9-4-8-6-2-1-5(10)3-7(6)11-12-8/h1-3H,10H2,(H,11,12). The fourth-order valence-corrected chi connectivity index (χ4v) is 1.12. The molecule has 0 amide bonds. The maximum atomic E-state index is 8.63. The number of rotatable bonds is 0. The fourth-order valence-electron chi connectivity index (χ4n) is 1.12. The summed E-state index contributed by atoms with van der Waals surface area (Å²) in [5.74, 6) is 0. The van der Waals surface area contributed by atoms with Crippen LogP contribution < -0.4 is 5.73 Å². The molecule has 1 heterocycles. The van der Waals surface area contributed by atoms with E-state index in [0.29, 0.717) is 11.4 Å². The van der Waals surface area contributed by atoms with Gasteiger partial charge in [-0.1, -0.05) is 0 Å². The highest BCUT2D eigenvalue weighted by Crippen LogP contribution is 2.17. The van der Waals surface area contributed by atoms with Crippen LogP contribution in [0.1, 0.15) is 5.69 Å². The van der Waals surface area contributed by atoms with E-state index in [9.17, 15) is 0 Å². The molecule has 2 rings (SSSR count). The Morgan fingerprint density at radius 1 is 1.50 bits per heavy atom. The van der Waals surface area contributed by atoms with Crippen molar-refractivity contribution in [3.63, 3.8) is 0 Å². The van der Waals surface area contributed by atoms with Gasteiger partial charge in [0, 0.05) is 11.1 Å². The average Bonchev–Trinajstić information content (AvgIpc) is 2.46. The van der Waals surface area contributed by atoms with E-state index in [-0.39, 0.29) is 0 Å². The highest BCUT2D eigenvalue weighted by molar-refractivity contribution is 5.85. The lowest BCUT2D eigenvalue weighted by molar-refractivity contribution is 1.10. The Morgan fingerprint density at radius 2 is 2.33 bits per heavy atom. The quantitative estimate of drug-likeness (QED) is 0.562. The van der Waals surface area contributed by atoms with Gasteiger partial charge >= 0.3 is 0 Å². The number of H-pyrrole nitrogens is 1. The molecule has 0 atom stereocenters. The third-order valence-electron chi connectivity index (χ3n) is 1.69. The second kappa shape index (κ2) is 2.24. The predicted octanol–water partition coefficient (Wildman–Crippen LogP) is 1.02. The highest BCUT2D eigenvalue weighted by atomic mass is 15.1. The van der Waals surface area contributed by atoms with Gasteiger partial charge in [0.05, 0.1) is 5.52 Å². The molecule has 12 heavy (non-hydrogen) atoms. The zero-order chi connectivity index (χ0) is 8.55. The number of benzene rings is 1. The number of aromatic nitrogens is 2. The number of aromatic amines is 1. The van der Waals surface area contributed by atoms with E-state index < -0.39 is 0 Å². The SMILES string of the molecule is N#Cc1n[nH]c2cc(N)ccc12. The van der Waals surface area contributed by atoms with E-state index in [4.69, 9.17) is 11.0 Å². The summed E-state index contributed by atoms with van der Waals surface area (Å²) in [7, 11) is 0. The van der Waals surface area contributed by atoms with Gasteiger partial charge in [-0.3, -0.25) is 5.10 Å². The molecule has 1 aromatic carbocycles. The van der Waals surface area contributed by atoms with Crippen LogP contribution in [-0.4, -0.2) is 10.2 Å². The first-order valence-electron chi connectivity index (χ1n) is 3.45. The first-order chi connectivity index (χ1) is 5.81. The number of nitrogen functional groups attached to an aromatic ring is 1. The van der Waals surface area contributed by atoms with Gasteiger partial charge in [0.15, 0.2) is 5.69 Å². The molecule has 0 radical (unpaired) electrons. The molecule has 0 bridgehead atoms. The summed E-state index contributed by atoms with van der Waals surface area (Å²) in [4.78, 5) is 0. The number of nitriles is 1. The largest absolute Gasteiger partial charge is 0.399 e. The Bertz CT molecular complexity index is 463. The van der Waals surface area contributed by atoms with E-state index in [1.807, 2.05) is 6.07 Å². The second-order valence-electron chi connectivity index (χ2n) is 2.49. The van der Waals surface area contributed by atoms with Crippen LogP contribution in [0.5, 0.6) is 0 Å². The number of hydrogen-bond donors (Lipinski definition) is 2. The van der Waals surface area contributed by atoms with Gasteiger partial charge in [0.25, 0.3) is 0 Å². The van der Waals surface area contributed by atoms with Gasteiger partial charge in [-0.25, -0.2) is 0 Å². The molecule has 3 N–H and O–H groups in total. The van der Waals surface area contributed by atoms with Crippen molar-refractivity contribution in [1.82, 2.24) is 10.2 Å². The molecule has 0 aliphatic heterocycles. The second-order valence-corrected chi connectivity index (χ2v) is 2.49. The smallest absolute Gasteiger partial charge is 0.170 e. The van der Waals surface area contributed by atoms with Crippen molar-refractivity contribution >= 4 is 16.6 Å². The minimum absolute atomic E-state index is 0.407. The molecule has 0 spiro atoms. The normalized spacial score (nSPS) is 9.92. The lowest BCUT2D eigenvalue weighted by Crippen LogP contribution is -1.82. The monoisotopic (exact) mass is 158 g/mol. The van der Waals surface area contributed by atoms with Crippen LogP contribution in [0, 0.1) is 11.3 Å². The lowest BCUT2D eigenvalue weighted by Gasteiger charge is -1.90. The van der Waals surface area contributed by atoms with Crippen LogP contribution in [0.4, 0.5) is 5.69 Å². The minimum Gasteiger partial charge on any atom is -0.399 e. The Hall–Kier alpha value is -2.02. The molecular weight excluding hydrogens is 152 g/mol. The van der Waals surface area contributed by atoms with Gasteiger partial charge in [-0.2, -0.15) is 10.4 Å². The zero-order valence-electron chi connectivity index (χ0n) is 6.20. The van der Waals surface area contributed by atoms with Crippen molar-refractivity contribution in [2.75, 3.05) is 5.73 Å². The molecule has 0 fully saturated rings. The van der Waals surface area contributed by atoms with Gasteiger partial charge in [-0.05, 0) is 18.2 Å². The molecule has 0 saturated carbocycles. The number of nitrogens with two attached hydrogens (primary N) is 1. The molecule has 4 nitrogen and oxygen atoms in total. The molecule has 4 heteroatoms. The van der Waals surface area contributed by atoms with Crippen molar-refractivity contribution in [2.24, 2.45) is 0 Å². The Balaban J connectivity index is 2.84. The Kier molecular flexibility index (Phi) is 1.25. The van der Waals surface area contributed by atoms with E-state index >= 15 is 0 Å². The predicted molar refractivity (Wildman–Crippen MR) is 45.2 cm³/mol. The van der Waals surface area contributed by atoms with Gasteiger partial charge < -0.3 is 5.73 Å². The minimum atomic E-state index is 0.407. The van der Waals surface area contributed by atoms with Crippen LogP contribution in [0.2, 0.25) is 0 Å². The summed E-state index contributed by atoms with van der Waals surface area (Å²) in [5.41, 5.74) is 7.41. The highest BCUT2D eigenvalue weighted by Gasteiger charge is 2.03. The van der Waals surface area contributed by atoms with Crippen molar-refractivity contribution < 1.29 is 0 Å². The van der Waals surface area contributed by atoms with Crippen LogP contribution in [0.3, 0.4) is 0 Å². The summed E-state index contributed by atoms with van der Waals surface area (Å²) in [5, 5.41) is 16.0. The number of nitrogens with one attached hydrogen (secondary N) is 1. The van der Waals surface area contributed by atoms with E-state index in [1.165, 1.54) is 0 Å². The molecule has 0 aliphatic carbocycles. The van der Waals surface area contributed by atoms with Gasteiger partial charge in [0.1, 0.15) is 6.07 Å². The van der Waals surface area contributed by atoms with Gasteiger partial charge in [-0.15, -0.1) is 0 Å². The molecule has 0 aliphatic rings. The summed E-state index contributed by atoms with van der Waals surface area (Å²) >= 11 is 0. The van der Waals surface area contributed by atoms with Crippen LogP contribution in [-0.2, 0) is 0 Å². The molecule has 0 saturated heterocycles. The number of anilines is 1. The van der Waals surface area contributed by atoms with Crippen molar-refractivity contribution in [1.29, 1.82) is 5.26 Å². The first-order valence-corrected chi connectivity index (χ1v) is 3.45. The number of nitrogens with zero attached hydrogens (tertiary/aromatic N) is 2. The fraction of sp³-hybridized carbons (Fsp3) is 0. The van der Waals surface area contributed by atoms with Crippen molar-refractivity contribution in [3.05, 3.63) is 23.9 Å². The maximum Gasteiger partial charge on any atom is 0.170 e. The maximum absolute atomic E-state index is 8.63. The summed E-state index contributed by atoms with van der Waals surface area (Å²) in [6.07, 6.45) is 0. The topological polar surface area (TPSA) is 78.5 Å². The van der Waals surface area contributed by atoms with E-state index in [0.717, 1.165) is 10.9 Å². The number of fused-ring (bicyclic) bond motifs is 1. The van der Waals surface area contributed by atoms with E-state index in [2.05, 4.69) is 10.2 Å². The third-order valence-corrected chi connectivity index (χ3v) is 1.69. The summed E-state index contributed by atoms with van der Waals surface area (Å²) in [6.45, 7) is 0. The zero-order valence-corrected chi connectivity index (χ0v) is 6.20. The van der Waals surface area contributed by atoms with Gasteiger partial charge in [0.2, 0.25) is 0 Å². The lowest BCUT2D eigenvalue weighted by atomic mass is 10.2. The van der Waals surface area contributed by atoms with Crippen LogP contribution in [0.25, 0.3) is 10.9 Å². The Morgan fingerprint density at radius 3 is 3.08 bits per heavy atom.